The average molecular weight is 426 g/mol. The lowest BCUT2D eigenvalue weighted by molar-refractivity contribution is -0.118. The Labute approximate surface area is 182 Å². The van der Waals surface area contributed by atoms with Gasteiger partial charge in [0.25, 0.3) is 5.56 Å². The van der Waals surface area contributed by atoms with Gasteiger partial charge in [0.2, 0.25) is 5.91 Å². The summed E-state index contributed by atoms with van der Waals surface area (Å²) in [4.78, 5) is 31.5. The molecule has 3 rings (SSSR count). The van der Waals surface area contributed by atoms with Gasteiger partial charge in [0, 0.05) is 29.3 Å². The highest BCUT2D eigenvalue weighted by Gasteiger charge is 2.21. The van der Waals surface area contributed by atoms with Gasteiger partial charge in [-0.1, -0.05) is 58.9 Å². The Hall–Kier alpha value is -2.47. The Bertz CT molecular complexity index is 1130. The van der Waals surface area contributed by atoms with E-state index in [1.165, 1.54) is 5.56 Å². The summed E-state index contributed by atoms with van der Waals surface area (Å²) >= 11 is 1.57. The van der Waals surface area contributed by atoms with Crippen LogP contribution in [-0.2, 0) is 16.8 Å². The summed E-state index contributed by atoms with van der Waals surface area (Å²) in [7, 11) is 0. The Kier molecular flexibility index (Phi) is 6.18. The number of thiophene rings is 1. The van der Waals surface area contributed by atoms with Crippen LogP contribution >= 0.6 is 11.3 Å². The molecule has 6 heteroatoms. The number of primary amides is 1. The second-order valence-corrected chi connectivity index (χ2v) is 10.4. The van der Waals surface area contributed by atoms with E-state index < -0.39 is 0 Å². The third kappa shape index (κ3) is 4.33. The molecule has 3 aromatic rings. The molecule has 0 saturated heterocycles. The van der Waals surface area contributed by atoms with E-state index in [0.717, 1.165) is 26.7 Å². The zero-order valence-electron chi connectivity index (χ0n) is 18.7. The third-order valence-electron chi connectivity index (χ3n) is 5.38. The second-order valence-electron chi connectivity index (χ2n) is 9.19. The lowest BCUT2D eigenvalue weighted by atomic mass is 9.86. The zero-order valence-corrected chi connectivity index (χ0v) is 19.5. The smallest absolute Gasteiger partial charge is 0.262 e. The Morgan fingerprint density at radius 1 is 1.20 bits per heavy atom. The molecule has 0 aliphatic heterocycles. The van der Waals surface area contributed by atoms with E-state index in [-0.39, 0.29) is 29.2 Å². The van der Waals surface area contributed by atoms with Gasteiger partial charge in [-0.25, -0.2) is 4.98 Å². The molecule has 0 unspecified atom stereocenters. The van der Waals surface area contributed by atoms with Crippen LogP contribution in [0.2, 0.25) is 0 Å². The number of aromatic nitrogens is 2. The van der Waals surface area contributed by atoms with E-state index in [9.17, 15) is 9.59 Å². The van der Waals surface area contributed by atoms with E-state index in [2.05, 4.69) is 45.0 Å². The van der Waals surface area contributed by atoms with E-state index in [1.54, 1.807) is 15.9 Å². The highest BCUT2D eigenvalue weighted by Crippen LogP contribution is 2.37. The summed E-state index contributed by atoms with van der Waals surface area (Å²) in [6.07, 6.45) is 0.784. The molecule has 2 aromatic heterocycles. The number of amides is 1. The number of hydrogen-bond donors (Lipinski definition) is 1. The molecule has 2 N–H and O–H groups in total. The minimum atomic E-state index is -0.353. The first kappa shape index (κ1) is 22.2. The van der Waals surface area contributed by atoms with Crippen molar-refractivity contribution in [1.29, 1.82) is 0 Å². The van der Waals surface area contributed by atoms with Gasteiger partial charge in [0.1, 0.15) is 10.7 Å². The van der Waals surface area contributed by atoms with Crippen LogP contribution in [0.5, 0.6) is 0 Å². The number of nitrogens with zero attached hydrogens (tertiary/aromatic N) is 2. The quantitative estimate of drug-likeness (QED) is 0.595. The van der Waals surface area contributed by atoms with Crippen molar-refractivity contribution in [3.8, 4) is 11.1 Å². The lowest BCUT2D eigenvalue weighted by Crippen LogP contribution is -2.26. The van der Waals surface area contributed by atoms with Gasteiger partial charge < -0.3 is 5.73 Å². The topological polar surface area (TPSA) is 78.0 Å². The summed E-state index contributed by atoms with van der Waals surface area (Å²) in [5.41, 5.74) is 8.58. The van der Waals surface area contributed by atoms with Crippen molar-refractivity contribution in [3.63, 3.8) is 0 Å². The third-order valence-corrected chi connectivity index (χ3v) is 6.38. The standard InChI is InChI=1S/C24H31N3O2S/c1-14(2)21-26-22-20(23(29)27(21)13-7-8-18(25)28)19(15(3)30-22)16-9-11-17(12-10-16)24(4,5)6/h9-12,14H,7-8,13H2,1-6H3,(H2,25,28). The molecule has 0 spiro atoms. The number of fused-ring (bicyclic) bond motifs is 1. The minimum Gasteiger partial charge on any atom is -0.370 e. The minimum absolute atomic E-state index is 0.0348. The first-order valence-corrected chi connectivity index (χ1v) is 11.3. The normalized spacial score (nSPS) is 12.1. The van der Waals surface area contributed by atoms with E-state index in [4.69, 9.17) is 10.7 Å². The number of aryl methyl sites for hydroxylation is 1. The largest absolute Gasteiger partial charge is 0.370 e. The molecule has 0 fully saturated rings. The van der Waals surface area contributed by atoms with Gasteiger partial charge in [-0.3, -0.25) is 14.2 Å². The van der Waals surface area contributed by atoms with Gasteiger partial charge in [-0.2, -0.15) is 0 Å². The predicted molar refractivity (Wildman–Crippen MR) is 125 cm³/mol. The number of benzene rings is 1. The van der Waals surface area contributed by atoms with Gasteiger partial charge >= 0.3 is 0 Å². The van der Waals surface area contributed by atoms with Crippen molar-refractivity contribution in [2.75, 3.05) is 0 Å². The summed E-state index contributed by atoms with van der Waals surface area (Å²) < 4.78 is 1.73. The predicted octanol–water partition coefficient (Wildman–Crippen LogP) is 5.12. The molecule has 0 atom stereocenters. The highest BCUT2D eigenvalue weighted by atomic mass is 32.1. The molecule has 0 aliphatic carbocycles. The molecule has 5 nitrogen and oxygen atoms in total. The summed E-state index contributed by atoms with van der Waals surface area (Å²) in [5.74, 6) is 0.509. The van der Waals surface area contributed by atoms with Crippen LogP contribution < -0.4 is 11.3 Å². The summed E-state index contributed by atoms with van der Waals surface area (Å²) in [6.45, 7) is 13.1. The molecular formula is C24H31N3O2S. The van der Waals surface area contributed by atoms with E-state index in [0.29, 0.717) is 18.4 Å². The number of rotatable bonds is 6. The molecule has 160 valence electrons. The molecule has 0 aliphatic rings. The van der Waals surface area contributed by atoms with Crippen LogP contribution in [0.3, 0.4) is 0 Å². The van der Waals surface area contributed by atoms with Gasteiger partial charge in [0.15, 0.2) is 0 Å². The van der Waals surface area contributed by atoms with Gasteiger partial charge in [0.05, 0.1) is 5.39 Å². The maximum absolute atomic E-state index is 13.6. The lowest BCUT2D eigenvalue weighted by Gasteiger charge is -2.19. The van der Waals surface area contributed by atoms with Crippen molar-refractivity contribution in [2.45, 2.75) is 72.3 Å². The van der Waals surface area contributed by atoms with E-state index in [1.807, 2.05) is 20.8 Å². The average Bonchev–Trinajstić information content (AvgIpc) is 2.98. The molecule has 0 saturated carbocycles. The summed E-state index contributed by atoms with van der Waals surface area (Å²) in [5, 5.41) is 0.671. The Balaban J connectivity index is 2.18. The van der Waals surface area contributed by atoms with Gasteiger partial charge in [-0.15, -0.1) is 11.3 Å². The van der Waals surface area contributed by atoms with Crippen LogP contribution in [0.25, 0.3) is 21.3 Å². The second kappa shape index (κ2) is 8.34. The molecule has 30 heavy (non-hydrogen) atoms. The fourth-order valence-electron chi connectivity index (χ4n) is 3.76. The van der Waals surface area contributed by atoms with E-state index >= 15 is 0 Å². The molecule has 1 aromatic carbocycles. The molecular weight excluding hydrogens is 394 g/mol. The molecule has 2 heterocycles. The zero-order chi connectivity index (χ0) is 22.2. The molecule has 0 radical (unpaired) electrons. The van der Waals surface area contributed by atoms with Crippen molar-refractivity contribution in [3.05, 3.63) is 50.9 Å². The van der Waals surface area contributed by atoms with Crippen molar-refractivity contribution >= 4 is 27.5 Å². The number of nitrogens with two attached hydrogens (primary N) is 1. The van der Waals surface area contributed by atoms with Crippen molar-refractivity contribution < 1.29 is 4.79 Å². The first-order chi connectivity index (χ1) is 14.0. The highest BCUT2D eigenvalue weighted by molar-refractivity contribution is 7.19. The van der Waals surface area contributed by atoms with Crippen LogP contribution in [0, 0.1) is 6.92 Å². The van der Waals surface area contributed by atoms with Crippen LogP contribution in [0.1, 0.15) is 69.6 Å². The van der Waals surface area contributed by atoms with Gasteiger partial charge in [-0.05, 0) is 29.9 Å². The first-order valence-electron chi connectivity index (χ1n) is 10.4. The monoisotopic (exact) mass is 425 g/mol. The fraction of sp³-hybridized carbons (Fsp3) is 0.458. The number of carbonyl (C=O) groups excluding carboxylic acids is 1. The molecule has 0 bridgehead atoms. The Morgan fingerprint density at radius 3 is 2.37 bits per heavy atom. The fourth-order valence-corrected chi connectivity index (χ4v) is 4.81. The maximum atomic E-state index is 13.6. The molecule has 1 amide bonds. The summed E-state index contributed by atoms with van der Waals surface area (Å²) in [6, 6.07) is 8.48. The number of carbonyl (C=O) groups is 1. The van der Waals surface area contributed by atoms with Crippen LogP contribution in [0.15, 0.2) is 29.1 Å². The Morgan fingerprint density at radius 2 is 1.83 bits per heavy atom. The van der Waals surface area contributed by atoms with Crippen molar-refractivity contribution in [1.82, 2.24) is 9.55 Å². The maximum Gasteiger partial charge on any atom is 0.262 e. The SMILES string of the molecule is Cc1sc2nc(C(C)C)n(CCCC(N)=O)c(=O)c2c1-c1ccc(C(C)(C)C)cc1. The van der Waals surface area contributed by atoms with Crippen LogP contribution in [0.4, 0.5) is 0 Å². The number of hydrogen-bond acceptors (Lipinski definition) is 4. The van der Waals surface area contributed by atoms with Crippen molar-refractivity contribution in [2.24, 2.45) is 5.73 Å². The van der Waals surface area contributed by atoms with Crippen LogP contribution in [-0.4, -0.2) is 15.5 Å².